The highest BCUT2D eigenvalue weighted by Crippen LogP contribution is 2.33. The van der Waals surface area contributed by atoms with Crippen molar-refractivity contribution < 1.29 is 9.53 Å². The van der Waals surface area contributed by atoms with Gasteiger partial charge in [-0.15, -0.1) is 0 Å². The molecule has 2 heterocycles. The highest BCUT2D eigenvalue weighted by atomic mass is 16.6. The van der Waals surface area contributed by atoms with Crippen LogP contribution in [0.2, 0.25) is 0 Å². The van der Waals surface area contributed by atoms with Crippen molar-refractivity contribution in [2.45, 2.75) is 52.2 Å². The summed E-state index contributed by atoms with van der Waals surface area (Å²) in [5, 5.41) is 0. The van der Waals surface area contributed by atoms with E-state index in [-0.39, 0.29) is 23.9 Å². The molecule has 4 N–H and O–H groups in total. The molecule has 0 aliphatic carbocycles. The van der Waals surface area contributed by atoms with Crippen molar-refractivity contribution in [2.75, 3.05) is 11.5 Å². The summed E-state index contributed by atoms with van der Waals surface area (Å²) >= 11 is 0. The minimum Gasteiger partial charge on any atom is -0.456 e. The third-order valence-corrected chi connectivity index (χ3v) is 4.84. The van der Waals surface area contributed by atoms with Gasteiger partial charge in [-0.1, -0.05) is 19.1 Å². The quantitative estimate of drug-likeness (QED) is 0.663. The Balaban J connectivity index is 1.84. The largest absolute Gasteiger partial charge is 0.456 e. The molecule has 1 aromatic carbocycles. The zero-order chi connectivity index (χ0) is 20.6. The average molecular weight is 381 g/mol. The Morgan fingerprint density at radius 3 is 2.32 bits per heavy atom. The number of benzene rings is 1. The zero-order valence-corrected chi connectivity index (χ0v) is 16.9. The molecule has 0 aliphatic heterocycles. The Kier molecular flexibility index (Phi) is 5.02. The van der Waals surface area contributed by atoms with Crippen LogP contribution in [-0.4, -0.2) is 26.1 Å². The summed E-state index contributed by atoms with van der Waals surface area (Å²) in [5.74, 6) is 0.381. The second-order valence-corrected chi connectivity index (χ2v) is 8.08. The van der Waals surface area contributed by atoms with Gasteiger partial charge >= 0.3 is 5.97 Å². The minimum absolute atomic E-state index is 0.0967. The van der Waals surface area contributed by atoms with Gasteiger partial charge in [0.05, 0.1) is 11.1 Å². The van der Waals surface area contributed by atoms with Crippen LogP contribution in [0, 0.1) is 0 Å². The lowest BCUT2D eigenvalue weighted by atomic mass is 9.93. The summed E-state index contributed by atoms with van der Waals surface area (Å²) < 4.78 is 7.49. The highest BCUT2D eigenvalue weighted by Gasteiger charge is 2.21. The molecule has 3 aromatic rings. The van der Waals surface area contributed by atoms with Gasteiger partial charge in [-0.3, -0.25) is 0 Å². The number of rotatable bonds is 4. The normalized spacial score (nSPS) is 14.0. The fourth-order valence-electron chi connectivity index (χ4n) is 3.23. The molecule has 0 fully saturated rings. The van der Waals surface area contributed by atoms with E-state index in [1.165, 1.54) is 0 Å². The summed E-state index contributed by atoms with van der Waals surface area (Å²) in [6.07, 6.45) is 1.95. The molecule has 0 saturated carbocycles. The van der Waals surface area contributed by atoms with Crippen molar-refractivity contribution >= 4 is 28.8 Å². The van der Waals surface area contributed by atoms with E-state index in [0.717, 1.165) is 16.6 Å². The van der Waals surface area contributed by atoms with E-state index in [2.05, 4.69) is 28.4 Å². The minimum atomic E-state index is -0.515. The highest BCUT2D eigenvalue weighted by molar-refractivity contribution is 5.89. The van der Waals surface area contributed by atoms with Gasteiger partial charge in [0.2, 0.25) is 5.95 Å². The molecule has 7 nitrogen and oxygen atoms in total. The fraction of sp³-hybridized carbons (Fsp3) is 0.381. The monoisotopic (exact) mass is 381 g/mol. The molecule has 0 radical (unpaired) electrons. The van der Waals surface area contributed by atoms with Crippen LogP contribution in [0.3, 0.4) is 0 Å². The van der Waals surface area contributed by atoms with Crippen molar-refractivity contribution in [3.8, 4) is 0 Å². The van der Waals surface area contributed by atoms with E-state index in [0.29, 0.717) is 11.4 Å². The Morgan fingerprint density at radius 1 is 1.07 bits per heavy atom. The second-order valence-electron chi connectivity index (χ2n) is 8.08. The van der Waals surface area contributed by atoms with Crippen LogP contribution in [0.5, 0.6) is 0 Å². The molecule has 0 aliphatic rings. The van der Waals surface area contributed by atoms with Gasteiger partial charge in [-0.05, 0) is 51.5 Å². The van der Waals surface area contributed by atoms with Crippen molar-refractivity contribution in [3.05, 3.63) is 47.7 Å². The van der Waals surface area contributed by atoms with Crippen molar-refractivity contribution in [1.29, 1.82) is 0 Å². The number of carbonyl (C=O) groups excluding carboxylic acids is 1. The van der Waals surface area contributed by atoms with E-state index in [1.807, 2.05) is 45.2 Å². The van der Waals surface area contributed by atoms with E-state index >= 15 is 0 Å². The Hall–Kier alpha value is -3.09. The van der Waals surface area contributed by atoms with Crippen molar-refractivity contribution in [2.24, 2.45) is 0 Å². The molecule has 148 valence electrons. The summed E-state index contributed by atoms with van der Waals surface area (Å²) in [4.78, 5) is 20.5. The maximum atomic E-state index is 12.2. The van der Waals surface area contributed by atoms with Crippen molar-refractivity contribution in [1.82, 2.24) is 14.5 Å². The number of fused-ring (bicyclic) bond motifs is 1. The predicted molar refractivity (Wildman–Crippen MR) is 111 cm³/mol. The summed E-state index contributed by atoms with van der Waals surface area (Å²) in [6, 6.07) is 9.52. The van der Waals surface area contributed by atoms with E-state index < -0.39 is 5.60 Å². The van der Waals surface area contributed by atoms with Crippen LogP contribution in [0.15, 0.2) is 36.5 Å². The number of hydrogen-bond donors (Lipinski definition) is 2. The summed E-state index contributed by atoms with van der Waals surface area (Å²) in [7, 11) is 0. The number of nitrogen functional groups attached to an aromatic ring is 2. The number of hydrogen-bond acceptors (Lipinski definition) is 6. The van der Waals surface area contributed by atoms with Crippen LogP contribution < -0.4 is 11.5 Å². The van der Waals surface area contributed by atoms with Gasteiger partial charge in [0, 0.05) is 18.2 Å². The predicted octanol–water partition coefficient (Wildman–Crippen LogP) is 3.92. The Morgan fingerprint density at radius 2 is 1.71 bits per heavy atom. The van der Waals surface area contributed by atoms with E-state index in [1.54, 1.807) is 12.1 Å². The van der Waals surface area contributed by atoms with E-state index in [9.17, 15) is 4.79 Å². The maximum Gasteiger partial charge on any atom is 0.338 e. The topological polar surface area (TPSA) is 109 Å². The molecule has 0 amide bonds. The zero-order valence-electron chi connectivity index (χ0n) is 16.9. The lowest BCUT2D eigenvalue weighted by Crippen LogP contribution is -2.23. The molecule has 2 aromatic heterocycles. The van der Waals surface area contributed by atoms with E-state index in [4.69, 9.17) is 16.2 Å². The van der Waals surface area contributed by atoms with Gasteiger partial charge < -0.3 is 20.8 Å². The first kappa shape index (κ1) is 19.7. The standard InChI is InChI=1S/C21H27N5O2/c1-12(14-6-8-15(9-7-14)19(27)28-21(3,4)5)13(2)26-11-10-16-17(26)18(22)25-20(23)24-16/h6-13H,1-5H3,(H4,22,23,24,25). The first-order valence-corrected chi connectivity index (χ1v) is 9.29. The van der Waals surface area contributed by atoms with Gasteiger partial charge in [-0.25, -0.2) is 9.78 Å². The molecule has 7 heteroatoms. The number of nitrogens with zero attached hydrogens (tertiary/aromatic N) is 3. The Labute approximate surface area is 164 Å². The molecule has 2 unspecified atom stereocenters. The lowest BCUT2D eigenvalue weighted by Gasteiger charge is -2.24. The molecule has 0 saturated heterocycles. The number of aromatic nitrogens is 3. The smallest absolute Gasteiger partial charge is 0.338 e. The van der Waals surface area contributed by atoms with Crippen LogP contribution >= 0.6 is 0 Å². The van der Waals surface area contributed by atoms with Crippen LogP contribution in [0.25, 0.3) is 11.0 Å². The third kappa shape index (κ3) is 3.93. The summed E-state index contributed by atoms with van der Waals surface area (Å²) in [5.41, 5.74) is 14.4. The van der Waals surface area contributed by atoms with Crippen LogP contribution in [0.1, 0.15) is 62.5 Å². The molecule has 3 rings (SSSR count). The van der Waals surface area contributed by atoms with Crippen LogP contribution in [0.4, 0.5) is 11.8 Å². The first-order valence-electron chi connectivity index (χ1n) is 9.29. The van der Waals surface area contributed by atoms with Gasteiger partial charge in [0.15, 0.2) is 5.82 Å². The third-order valence-electron chi connectivity index (χ3n) is 4.84. The van der Waals surface area contributed by atoms with Gasteiger partial charge in [-0.2, -0.15) is 4.98 Å². The number of nitrogens with two attached hydrogens (primary N) is 2. The summed E-state index contributed by atoms with van der Waals surface area (Å²) in [6.45, 7) is 9.81. The SMILES string of the molecule is CC(c1ccc(C(=O)OC(C)(C)C)cc1)C(C)n1ccc2nc(N)nc(N)c21. The van der Waals surface area contributed by atoms with Gasteiger partial charge in [0.1, 0.15) is 11.1 Å². The Bertz CT molecular complexity index is 1000. The first-order chi connectivity index (χ1) is 13.1. The molecular formula is C21H27N5O2. The van der Waals surface area contributed by atoms with Crippen LogP contribution in [-0.2, 0) is 4.74 Å². The molecule has 0 spiro atoms. The number of anilines is 2. The molecule has 2 atom stereocenters. The molecule has 28 heavy (non-hydrogen) atoms. The molecular weight excluding hydrogens is 354 g/mol. The fourth-order valence-corrected chi connectivity index (χ4v) is 3.23. The van der Waals surface area contributed by atoms with Gasteiger partial charge in [0.25, 0.3) is 0 Å². The van der Waals surface area contributed by atoms with Crippen molar-refractivity contribution in [3.63, 3.8) is 0 Å². The lowest BCUT2D eigenvalue weighted by molar-refractivity contribution is 0.00695. The number of esters is 1. The number of ether oxygens (including phenoxy) is 1. The average Bonchev–Trinajstić information content (AvgIpc) is 3.03. The second kappa shape index (κ2) is 7.14. The molecule has 0 bridgehead atoms. The maximum absolute atomic E-state index is 12.2. The number of carbonyl (C=O) groups is 1.